The molecule has 0 radical (unpaired) electrons. The number of amides is 1. The molecule has 1 aromatic heterocycles. The summed E-state index contributed by atoms with van der Waals surface area (Å²) in [6.45, 7) is 3.25. The summed E-state index contributed by atoms with van der Waals surface area (Å²) in [6.07, 6.45) is 6.97. The van der Waals surface area contributed by atoms with Crippen LogP contribution in [0.1, 0.15) is 47.3 Å². The summed E-state index contributed by atoms with van der Waals surface area (Å²) in [4.78, 5) is 15.0. The molecule has 1 aromatic rings. The summed E-state index contributed by atoms with van der Waals surface area (Å²) in [7, 11) is 0. The molecule has 5 heteroatoms. The molecule has 2 unspecified atom stereocenters. The monoisotopic (exact) mass is 293 g/mol. The van der Waals surface area contributed by atoms with Gasteiger partial charge in [-0.05, 0) is 48.2 Å². The van der Waals surface area contributed by atoms with Crippen molar-refractivity contribution in [1.29, 1.82) is 0 Å². The third kappa shape index (κ3) is 2.90. The van der Waals surface area contributed by atoms with E-state index in [1.54, 1.807) is 0 Å². The van der Waals surface area contributed by atoms with Crippen LogP contribution in [0.3, 0.4) is 0 Å². The number of rotatable bonds is 3. The summed E-state index contributed by atoms with van der Waals surface area (Å²) in [5, 5.41) is 1.98. The van der Waals surface area contributed by atoms with Crippen LogP contribution in [0.2, 0.25) is 0 Å². The van der Waals surface area contributed by atoms with Crippen molar-refractivity contribution in [2.45, 2.75) is 38.6 Å². The van der Waals surface area contributed by atoms with Crippen LogP contribution >= 0.6 is 11.3 Å². The van der Waals surface area contributed by atoms with Crippen LogP contribution in [-0.2, 0) is 6.54 Å². The maximum absolute atomic E-state index is 11.7. The molecular formula is C15H23N3OS. The zero-order valence-corrected chi connectivity index (χ0v) is 12.6. The van der Waals surface area contributed by atoms with Gasteiger partial charge >= 0.3 is 0 Å². The molecule has 1 saturated heterocycles. The lowest BCUT2D eigenvalue weighted by Crippen LogP contribution is -2.41. The van der Waals surface area contributed by atoms with Gasteiger partial charge in [-0.25, -0.2) is 5.84 Å². The normalized spacial score (nSPS) is 27.1. The second-order valence-corrected chi connectivity index (χ2v) is 6.99. The summed E-state index contributed by atoms with van der Waals surface area (Å²) >= 11 is 1.47. The quantitative estimate of drug-likeness (QED) is 0.511. The predicted molar refractivity (Wildman–Crippen MR) is 81.3 cm³/mol. The van der Waals surface area contributed by atoms with Crippen molar-refractivity contribution in [2.24, 2.45) is 17.7 Å². The Hall–Kier alpha value is -0.910. The average Bonchev–Trinajstić information content (AvgIpc) is 2.94. The van der Waals surface area contributed by atoms with Crippen LogP contribution in [0, 0.1) is 11.8 Å². The fourth-order valence-electron chi connectivity index (χ4n) is 3.79. The number of hydrogen-bond acceptors (Lipinski definition) is 4. The minimum absolute atomic E-state index is 0.164. The van der Waals surface area contributed by atoms with Crippen molar-refractivity contribution in [2.75, 3.05) is 13.1 Å². The molecule has 2 aliphatic rings. The average molecular weight is 293 g/mol. The van der Waals surface area contributed by atoms with Gasteiger partial charge in [-0.3, -0.25) is 15.1 Å². The Morgan fingerprint density at radius 3 is 2.95 bits per heavy atom. The lowest BCUT2D eigenvalue weighted by molar-refractivity contribution is 0.0814. The van der Waals surface area contributed by atoms with Crippen LogP contribution in [-0.4, -0.2) is 23.9 Å². The maximum atomic E-state index is 11.7. The molecule has 4 nitrogen and oxygen atoms in total. The number of nitrogens with zero attached hydrogens (tertiary/aromatic N) is 1. The molecule has 3 N–H and O–H groups in total. The lowest BCUT2D eigenvalue weighted by atomic mass is 9.75. The number of fused-ring (bicyclic) bond motifs is 1. The second-order valence-electron chi connectivity index (χ2n) is 6.08. The van der Waals surface area contributed by atoms with E-state index in [9.17, 15) is 4.79 Å². The fourth-order valence-corrected chi connectivity index (χ4v) is 4.60. The van der Waals surface area contributed by atoms with E-state index in [1.165, 1.54) is 56.5 Å². The van der Waals surface area contributed by atoms with Crippen molar-refractivity contribution in [1.82, 2.24) is 10.3 Å². The fraction of sp³-hybridized carbons (Fsp3) is 0.667. The lowest BCUT2D eigenvalue weighted by Gasteiger charge is -2.41. The SMILES string of the molecule is NNC(=O)c1sccc1CN1CCC2CCCCC2C1. The van der Waals surface area contributed by atoms with Gasteiger partial charge in [0, 0.05) is 13.1 Å². The Bertz CT molecular complexity index is 473. The van der Waals surface area contributed by atoms with Gasteiger partial charge < -0.3 is 0 Å². The van der Waals surface area contributed by atoms with Gasteiger partial charge in [0.25, 0.3) is 5.91 Å². The second kappa shape index (κ2) is 6.24. The van der Waals surface area contributed by atoms with Crippen LogP contribution < -0.4 is 11.3 Å². The highest BCUT2D eigenvalue weighted by atomic mass is 32.1. The van der Waals surface area contributed by atoms with Crippen LogP contribution in [0.5, 0.6) is 0 Å². The van der Waals surface area contributed by atoms with Gasteiger partial charge in [0.2, 0.25) is 0 Å². The first-order valence-corrected chi connectivity index (χ1v) is 8.45. The molecule has 1 amide bonds. The van der Waals surface area contributed by atoms with Crippen LogP contribution in [0.4, 0.5) is 0 Å². The van der Waals surface area contributed by atoms with Crippen molar-refractivity contribution < 1.29 is 4.79 Å². The van der Waals surface area contributed by atoms with Crippen LogP contribution in [0.25, 0.3) is 0 Å². The molecule has 2 heterocycles. The number of carbonyl (C=O) groups excluding carboxylic acids is 1. The third-order valence-corrected chi connectivity index (χ3v) is 5.81. The van der Waals surface area contributed by atoms with Crippen molar-refractivity contribution in [3.63, 3.8) is 0 Å². The molecule has 20 heavy (non-hydrogen) atoms. The topological polar surface area (TPSA) is 58.4 Å². The number of nitrogen functional groups attached to an aromatic ring is 1. The number of hydrogen-bond donors (Lipinski definition) is 2. The van der Waals surface area contributed by atoms with E-state index in [4.69, 9.17) is 5.84 Å². The van der Waals surface area contributed by atoms with E-state index in [1.807, 2.05) is 5.38 Å². The molecule has 0 spiro atoms. The van der Waals surface area contributed by atoms with E-state index < -0.39 is 0 Å². The van der Waals surface area contributed by atoms with Gasteiger partial charge in [0.1, 0.15) is 0 Å². The number of carbonyl (C=O) groups is 1. The summed E-state index contributed by atoms with van der Waals surface area (Å²) in [5.41, 5.74) is 3.36. The van der Waals surface area contributed by atoms with Gasteiger partial charge in [0.15, 0.2) is 0 Å². The summed E-state index contributed by atoms with van der Waals surface area (Å²) in [5.74, 6) is 6.91. The molecule has 3 rings (SSSR count). The highest BCUT2D eigenvalue weighted by Gasteiger charge is 2.31. The van der Waals surface area contributed by atoms with Crippen LogP contribution in [0.15, 0.2) is 11.4 Å². The van der Waals surface area contributed by atoms with Gasteiger partial charge in [-0.2, -0.15) is 0 Å². The largest absolute Gasteiger partial charge is 0.299 e. The smallest absolute Gasteiger partial charge is 0.275 e. The number of hydrazine groups is 1. The first kappa shape index (κ1) is 14.0. The Morgan fingerprint density at radius 1 is 1.35 bits per heavy atom. The predicted octanol–water partition coefficient (Wildman–Crippen LogP) is 2.36. The minimum Gasteiger partial charge on any atom is -0.299 e. The molecule has 2 atom stereocenters. The van der Waals surface area contributed by atoms with Crippen molar-refractivity contribution in [3.05, 3.63) is 21.9 Å². The van der Waals surface area contributed by atoms with E-state index in [-0.39, 0.29) is 5.91 Å². The van der Waals surface area contributed by atoms with Gasteiger partial charge in [-0.15, -0.1) is 11.3 Å². The highest BCUT2D eigenvalue weighted by molar-refractivity contribution is 7.12. The zero-order valence-electron chi connectivity index (χ0n) is 11.8. The van der Waals surface area contributed by atoms with Crippen molar-refractivity contribution in [3.8, 4) is 0 Å². The molecule has 1 saturated carbocycles. The molecule has 110 valence electrons. The number of piperidine rings is 1. The first-order chi connectivity index (χ1) is 9.78. The Balaban J connectivity index is 1.64. The Morgan fingerprint density at radius 2 is 2.15 bits per heavy atom. The standard InChI is InChI=1S/C15H23N3OS/c16-17-15(19)14-13(6-8-20-14)10-18-7-5-11-3-1-2-4-12(11)9-18/h6,8,11-12H,1-5,7,9-10,16H2,(H,17,19). The van der Waals surface area contributed by atoms with Crippen molar-refractivity contribution >= 4 is 17.2 Å². The van der Waals surface area contributed by atoms with E-state index in [2.05, 4.69) is 16.4 Å². The molecule has 2 fully saturated rings. The summed E-state index contributed by atoms with van der Waals surface area (Å²) in [6, 6.07) is 2.06. The molecule has 1 aliphatic carbocycles. The highest BCUT2D eigenvalue weighted by Crippen LogP contribution is 2.36. The Labute approximate surface area is 124 Å². The first-order valence-electron chi connectivity index (χ1n) is 7.57. The maximum Gasteiger partial charge on any atom is 0.275 e. The van der Waals surface area contributed by atoms with E-state index in [0.717, 1.165) is 28.8 Å². The molecular weight excluding hydrogens is 270 g/mol. The number of likely N-dealkylation sites (tertiary alicyclic amines) is 1. The zero-order chi connectivity index (χ0) is 13.9. The Kier molecular flexibility index (Phi) is 4.38. The van der Waals surface area contributed by atoms with Gasteiger partial charge in [-0.1, -0.05) is 19.3 Å². The number of nitrogens with two attached hydrogens (primary N) is 1. The summed E-state index contributed by atoms with van der Waals surface area (Å²) < 4.78 is 0. The van der Waals surface area contributed by atoms with Gasteiger partial charge in [0.05, 0.1) is 4.88 Å². The third-order valence-electron chi connectivity index (χ3n) is 4.85. The number of thiophene rings is 1. The molecule has 0 aromatic carbocycles. The molecule has 0 bridgehead atoms. The minimum atomic E-state index is -0.164. The molecule has 1 aliphatic heterocycles. The van der Waals surface area contributed by atoms with E-state index in [0.29, 0.717) is 0 Å². The van der Waals surface area contributed by atoms with E-state index >= 15 is 0 Å². The number of nitrogens with one attached hydrogen (secondary N) is 1.